The van der Waals surface area contributed by atoms with E-state index in [0.29, 0.717) is 62.2 Å². The molecule has 4 aromatic carbocycles. The fraction of sp³-hybridized carbons (Fsp3) is 0.250. The molecule has 0 bridgehead atoms. The van der Waals surface area contributed by atoms with Crippen molar-refractivity contribution in [2.45, 2.75) is 31.5 Å². The molecule has 7 N–H and O–H groups in total. The van der Waals surface area contributed by atoms with Crippen molar-refractivity contribution in [3.63, 3.8) is 0 Å². The van der Waals surface area contributed by atoms with E-state index in [4.69, 9.17) is 39.7 Å². The van der Waals surface area contributed by atoms with E-state index in [1.165, 1.54) is 6.07 Å². The Balaban J connectivity index is 1.50. The number of aromatic nitrogens is 2. The first-order chi connectivity index (χ1) is 24.0. The summed E-state index contributed by atoms with van der Waals surface area (Å²) in [5, 5.41) is 22.5. The number of anilines is 1. The van der Waals surface area contributed by atoms with Gasteiger partial charge in [-0.15, -0.1) is 0 Å². The van der Waals surface area contributed by atoms with Gasteiger partial charge in [-0.2, -0.15) is 0 Å². The number of benzene rings is 4. The van der Waals surface area contributed by atoms with Crippen LogP contribution in [0.1, 0.15) is 29.2 Å². The molecule has 0 saturated heterocycles. The van der Waals surface area contributed by atoms with Gasteiger partial charge in [-0.05, 0) is 83.8 Å². The second kappa shape index (κ2) is 16.4. The molecule has 1 aromatic heterocycles. The molecule has 14 heteroatoms. The molecule has 0 fully saturated rings. The van der Waals surface area contributed by atoms with Gasteiger partial charge in [0, 0.05) is 30.9 Å². The van der Waals surface area contributed by atoms with Gasteiger partial charge in [0.05, 0.1) is 52.8 Å². The molecule has 10 nitrogen and oxygen atoms in total. The topological polar surface area (TPSA) is 160 Å². The van der Waals surface area contributed by atoms with Gasteiger partial charge in [0.2, 0.25) is 11.8 Å². The monoisotopic (exact) mass is 724 g/mol. The summed E-state index contributed by atoms with van der Waals surface area (Å²) in [4.78, 5) is 32.1. The van der Waals surface area contributed by atoms with Gasteiger partial charge in [-0.1, -0.05) is 41.4 Å². The van der Waals surface area contributed by atoms with Crippen LogP contribution in [-0.4, -0.2) is 63.9 Å². The number of nitrogens with zero attached hydrogens (tertiary/aromatic N) is 3. The number of carbonyl (C=O) groups excluding carboxylic acids is 2. The van der Waals surface area contributed by atoms with Gasteiger partial charge in [0.1, 0.15) is 5.82 Å². The van der Waals surface area contributed by atoms with E-state index in [0.717, 1.165) is 17.8 Å². The summed E-state index contributed by atoms with van der Waals surface area (Å²) in [7, 11) is 0. The Morgan fingerprint density at radius 2 is 1.58 bits per heavy atom. The average molecular weight is 726 g/mol. The minimum absolute atomic E-state index is 0.0888. The average Bonchev–Trinajstić information content (AvgIpc) is 3.44. The summed E-state index contributed by atoms with van der Waals surface area (Å²) in [6.07, 6.45) is -0.0435. The van der Waals surface area contributed by atoms with Crippen molar-refractivity contribution in [1.82, 2.24) is 14.9 Å². The third kappa shape index (κ3) is 8.76. The number of carbonyl (C=O) groups is 2. The zero-order valence-electron chi connectivity index (χ0n) is 26.8. The predicted molar refractivity (Wildman–Crippen MR) is 190 cm³/mol. The van der Waals surface area contributed by atoms with E-state index < -0.39 is 35.5 Å². The summed E-state index contributed by atoms with van der Waals surface area (Å²) in [6.45, 7) is 0.640. The normalized spacial score (nSPS) is 12.5. The minimum Gasteiger partial charge on any atom is -0.395 e. The van der Waals surface area contributed by atoms with E-state index in [1.54, 1.807) is 36.4 Å². The molecule has 2 atom stereocenters. The van der Waals surface area contributed by atoms with Crippen molar-refractivity contribution < 1.29 is 28.6 Å². The zero-order valence-corrected chi connectivity index (χ0v) is 28.3. The lowest BCUT2D eigenvalue weighted by Gasteiger charge is -2.23. The third-order valence-corrected chi connectivity index (χ3v) is 8.97. The zero-order chi connectivity index (χ0) is 35.9. The number of halogens is 4. The van der Waals surface area contributed by atoms with Crippen molar-refractivity contribution in [1.29, 1.82) is 0 Å². The van der Waals surface area contributed by atoms with Gasteiger partial charge >= 0.3 is 0 Å². The number of nitrogens with two attached hydrogens (primary N) is 2. The van der Waals surface area contributed by atoms with E-state index in [9.17, 15) is 28.6 Å². The van der Waals surface area contributed by atoms with Crippen molar-refractivity contribution >= 4 is 51.7 Å². The Hall–Kier alpha value is -4.59. The quantitative estimate of drug-likeness (QED) is 0.104. The lowest BCUT2D eigenvalue weighted by molar-refractivity contribution is -0.123. The van der Waals surface area contributed by atoms with Gasteiger partial charge < -0.3 is 36.5 Å². The maximum atomic E-state index is 14.2. The number of nitrogens with one attached hydrogen (secondary N) is 1. The van der Waals surface area contributed by atoms with Crippen LogP contribution in [0.4, 0.5) is 14.5 Å². The summed E-state index contributed by atoms with van der Waals surface area (Å²) >= 11 is 12.1. The van der Waals surface area contributed by atoms with Crippen molar-refractivity contribution in [2.75, 3.05) is 31.2 Å². The molecule has 0 radical (unpaired) electrons. The first-order valence-electron chi connectivity index (χ1n) is 15.8. The fourth-order valence-corrected chi connectivity index (χ4v) is 6.06. The molecular weight excluding hydrogens is 689 g/mol. The third-order valence-electron chi connectivity index (χ3n) is 8.23. The highest BCUT2D eigenvalue weighted by atomic mass is 35.5. The van der Waals surface area contributed by atoms with Crippen LogP contribution in [0.25, 0.3) is 22.4 Å². The fourth-order valence-electron chi connectivity index (χ4n) is 5.74. The van der Waals surface area contributed by atoms with Gasteiger partial charge in [-0.3, -0.25) is 9.59 Å². The first kappa shape index (κ1) is 36.7. The van der Waals surface area contributed by atoms with Crippen LogP contribution in [0.2, 0.25) is 10.0 Å². The number of aliphatic hydroxyl groups excluding tert-OH is 2. The van der Waals surface area contributed by atoms with Crippen LogP contribution >= 0.6 is 23.2 Å². The molecule has 0 aliphatic carbocycles. The summed E-state index contributed by atoms with van der Waals surface area (Å²) in [6, 6.07) is 19.5. The van der Waals surface area contributed by atoms with Crippen LogP contribution in [0.5, 0.6) is 0 Å². The highest BCUT2D eigenvalue weighted by Gasteiger charge is 2.23. The van der Waals surface area contributed by atoms with Crippen LogP contribution in [0.3, 0.4) is 0 Å². The lowest BCUT2D eigenvalue weighted by Crippen LogP contribution is -2.44. The van der Waals surface area contributed by atoms with Crippen molar-refractivity contribution in [3.8, 4) is 11.4 Å². The van der Waals surface area contributed by atoms with Crippen LogP contribution in [0, 0.1) is 11.6 Å². The van der Waals surface area contributed by atoms with Gasteiger partial charge in [0.15, 0.2) is 11.6 Å². The Morgan fingerprint density at radius 3 is 2.22 bits per heavy atom. The smallest absolute Gasteiger partial charge is 0.237 e. The van der Waals surface area contributed by atoms with Crippen molar-refractivity contribution in [2.24, 2.45) is 11.5 Å². The number of hydrogen-bond donors (Lipinski definition) is 5. The number of primary amides is 1. The number of aliphatic hydroxyl groups is 2. The standard InChI is InChI=1S/C36H36Cl2F2N6O4/c37-26-8-1-21(15-27(26)38)17-30(41)36(50)44-31(19-34(42)49)24-5-10-33-32(18-24)43-35(46(33)20-22-2-9-28(39)29(40)16-22)23-3-6-25(7-4-23)45(11-13-47)12-14-48/h1-10,15-16,18,30-31,47-48H,11-14,17,19-20,41H2,(H2,42,49)(H,44,50)/t30-,31?/m0/s1. The second-order valence-electron chi connectivity index (χ2n) is 11.8. The van der Waals surface area contributed by atoms with E-state index in [-0.39, 0.29) is 32.6 Å². The number of hydrogen-bond acceptors (Lipinski definition) is 7. The SMILES string of the molecule is NC(=O)CC(NC(=O)[C@@H](N)Cc1ccc(Cl)c(Cl)c1)c1ccc2c(c1)nc(-c1ccc(N(CCO)CCO)cc1)n2Cc1ccc(F)c(F)c1. The molecule has 0 aliphatic heterocycles. The Kier molecular flexibility index (Phi) is 12.0. The number of amides is 2. The Bertz CT molecular complexity index is 1990. The maximum Gasteiger partial charge on any atom is 0.237 e. The van der Waals surface area contributed by atoms with Crippen molar-refractivity contribution in [3.05, 3.63) is 117 Å². The van der Waals surface area contributed by atoms with Gasteiger partial charge in [0.25, 0.3) is 0 Å². The molecule has 262 valence electrons. The highest BCUT2D eigenvalue weighted by molar-refractivity contribution is 6.42. The van der Waals surface area contributed by atoms with Crippen LogP contribution < -0.4 is 21.7 Å². The van der Waals surface area contributed by atoms with Gasteiger partial charge in [-0.25, -0.2) is 13.8 Å². The minimum atomic E-state index is -0.977. The molecule has 50 heavy (non-hydrogen) atoms. The molecule has 2 amide bonds. The first-order valence-corrected chi connectivity index (χ1v) is 16.5. The molecule has 0 saturated carbocycles. The summed E-state index contributed by atoms with van der Waals surface area (Å²) in [5.41, 5.74) is 16.2. The molecule has 0 spiro atoms. The summed E-state index contributed by atoms with van der Waals surface area (Å²) in [5.74, 6) is -2.57. The van der Waals surface area contributed by atoms with E-state index >= 15 is 0 Å². The molecule has 0 aliphatic rings. The molecule has 5 aromatic rings. The summed E-state index contributed by atoms with van der Waals surface area (Å²) < 4.78 is 29.8. The lowest BCUT2D eigenvalue weighted by atomic mass is 10.0. The Morgan fingerprint density at radius 1 is 0.880 bits per heavy atom. The maximum absolute atomic E-state index is 14.2. The largest absolute Gasteiger partial charge is 0.395 e. The number of rotatable bonds is 15. The number of imidazole rings is 1. The van der Waals surface area contributed by atoms with E-state index in [1.807, 2.05) is 33.7 Å². The van der Waals surface area contributed by atoms with E-state index in [2.05, 4.69) is 5.32 Å². The highest BCUT2D eigenvalue weighted by Crippen LogP contribution is 2.31. The Labute approximate surface area is 297 Å². The molecule has 1 unspecified atom stereocenters. The molecule has 1 heterocycles. The van der Waals surface area contributed by atoms with Crippen LogP contribution in [-0.2, 0) is 22.6 Å². The predicted octanol–water partition coefficient (Wildman–Crippen LogP) is 4.73. The molecule has 5 rings (SSSR count). The second-order valence-corrected chi connectivity index (χ2v) is 12.6. The number of fused-ring (bicyclic) bond motifs is 1. The molecular formula is C36H36Cl2F2N6O4. The van der Waals surface area contributed by atoms with Crippen LogP contribution in [0.15, 0.2) is 78.9 Å².